The predicted octanol–water partition coefficient (Wildman–Crippen LogP) is -2.99. The topological polar surface area (TPSA) is 46.5 Å². The Labute approximate surface area is 96.2 Å². The van der Waals surface area contributed by atoms with Crippen molar-refractivity contribution >= 4 is 5.97 Å². The number of halogens is 1. The number of carbonyl (C=O) groups is 1. The van der Waals surface area contributed by atoms with E-state index in [1.165, 1.54) is 0 Å². The zero-order valence-electron chi connectivity index (χ0n) is 9.29. The zero-order valence-corrected chi connectivity index (χ0v) is 10.9. The van der Waals surface area contributed by atoms with Gasteiger partial charge in [0.1, 0.15) is 12.6 Å². The van der Waals surface area contributed by atoms with E-state index in [1.807, 2.05) is 21.1 Å². The van der Waals surface area contributed by atoms with E-state index in [9.17, 15) is 9.90 Å². The van der Waals surface area contributed by atoms with E-state index < -0.39 is 6.10 Å². The number of rotatable bonds is 5. The van der Waals surface area contributed by atoms with Gasteiger partial charge in [-0.1, -0.05) is 0 Å². The third-order valence-electron chi connectivity index (χ3n) is 1.47. The van der Waals surface area contributed by atoms with Crippen molar-refractivity contribution in [3.05, 3.63) is 0 Å². The minimum atomic E-state index is -0.612. The minimum absolute atomic E-state index is 0. The summed E-state index contributed by atoms with van der Waals surface area (Å²) in [5.41, 5.74) is 0. The number of hydrogen-bond acceptors (Lipinski definition) is 3. The molecular formula is C9H20BrNO3. The largest absolute Gasteiger partial charge is 1.00 e. The average Bonchev–Trinajstić information content (AvgIpc) is 1.81. The molecule has 0 amide bonds. The molecule has 0 unspecified atom stereocenters. The Hall–Kier alpha value is -0.130. The van der Waals surface area contributed by atoms with Crippen LogP contribution in [0.1, 0.15) is 13.3 Å². The molecule has 14 heavy (non-hydrogen) atoms. The molecular weight excluding hydrogens is 250 g/mol. The molecule has 0 spiro atoms. The fourth-order valence-electron chi connectivity index (χ4n) is 1.11. The lowest BCUT2D eigenvalue weighted by molar-refractivity contribution is -0.873. The van der Waals surface area contributed by atoms with E-state index in [0.717, 1.165) is 0 Å². The van der Waals surface area contributed by atoms with Crippen LogP contribution < -0.4 is 17.0 Å². The normalized spacial score (nSPS) is 12.9. The quantitative estimate of drug-likeness (QED) is 0.428. The Morgan fingerprint density at radius 1 is 1.43 bits per heavy atom. The van der Waals surface area contributed by atoms with Crippen LogP contribution in [0.15, 0.2) is 0 Å². The molecule has 4 nitrogen and oxygen atoms in total. The monoisotopic (exact) mass is 269 g/mol. The van der Waals surface area contributed by atoms with Gasteiger partial charge in [0.15, 0.2) is 0 Å². The first-order chi connectivity index (χ1) is 5.85. The van der Waals surface area contributed by atoms with Gasteiger partial charge in [0.2, 0.25) is 0 Å². The lowest BCUT2D eigenvalue weighted by Gasteiger charge is -2.26. The fourth-order valence-corrected chi connectivity index (χ4v) is 1.11. The van der Waals surface area contributed by atoms with Gasteiger partial charge in [0.05, 0.1) is 34.2 Å². The molecule has 5 heteroatoms. The van der Waals surface area contributed by atoms with Crippen molar-refractivity contribution in [2.45, 2.75) is 19.4 Å². The third-order valence-corrected chi connectivity index (χ3v) is 1.47. The Bertz CT molecular complexity index is 168. The van der Waals surface area contributed by atoms with Crippen LogP contribution in [-0.4, -0.2) is 56.0 Å². The second-order valence-electron chi connectivity index (χ2n) is 4.14. The minimum Gasteiger partial charge on any atom is -1.00 e. The van der Waals surface area contributed by atoms with Crippen LogP contribution in [0.3, 0.4) is 0 Å². The van der Waals surface area contributed by atoms with Crippen LogP contribution in [0.2, 0.25) is 0 Å². The second kappa shape index (κ2) is 7.20. The average molecular weight is 270 g/mol. The van der Waals surface area contributed by atoms with Crippen molar-refractivity contribution in [3.63, 3.8) is 0 Å². The predicted molar refractivity (Wildman–Crippen MR) is 50.2 cm³/mol. The molecule has 0 aliphatic heterocycles. The van der Waals surface area contributed by atoms with Crippen molar-refractivity contribution in [1.29, 1.82) is 0 Å². The summed E-state index contributed by atoms with van der Waals surface area (Å²) in [5.74, 6) is -0.330. The van der Waals surface area contributed by atoms with Crippen molar-refractivity contribution in [2.75, 3.05) is 34.3 Å². The molecule has 0 aliphatic carbocycles. The molecule has 0 aromatic heterocycles. The van der Waals surface area contributed by atoms with Gasteiger partial charge >= 0.3 is 5.97 Å². The molecule has 0 aliphatic rings. The molecule has 0 saturated heterocycles. The first-order valence-electron chi connectivity index (χ1n) is 4.49. The summed E-state index contributed by atoms with van der Waals surface area (Å²) in [5, 5.41) is 9.47. The number of hydrogen-bond donors (Lipinski definition) is 1. The maximum Gasteiger partial charge on any atom is 0.308 e. The lowest BCUT2D eigenvalue weighted by Crippen LogP contribution is -3.00. The smallest absolute Gasteiger partial charge is 0.308 e. The van der Waals surface area contributed by atoms with Crippen LogP contribution >= 0.6 is 0 Å². The summed E-state index contributed by atoms with van der Waals surface area (Å²) in [4.78, 5) is 11.0. The summed E-state index contributed by atoms with van der Waals surface area (Å²) in [7, 11) is 5.90. The lowest BCUT2D eigenvalue weighted by atomic mass is 10.2. The number of likely N-dealkylation sites (N-methyl/N-ethyl adjacent to an activating group) is 1. The number of ether oxygens (including phenoxy) is 1. The van der Waals surface area contributed by atoms with E-state index in [0.29, 0.717) is 17.6 Å². The maximum atomic E-state index is 11.0. The van der Waals surface area contributed by atoms with Gasteiger partial charge in [-0.05, 0) is 6.92 Å². The van der Waals surface area contributed by atoms with Gasteiger partial charge in [0.25, 0.3) is 0 Å². The van der Waals surface area contributed by atoms with Crippen molar-refractivity contribution < 1.29 is 36.1 Å². The highest BCUT2D eigenvalue weighted by Gasteiger charge is 2.18. The summed E-state index contributed by atoms with van der Waals surface area (Å²) < 4.78 is 5.36. The fraction of sp³-hybridized carbons (Fsp3) is 0.889. The van der Waals surface area contributed by atoms with Crippen LogP contribution in [-0.2, 0) is 9.53 Å². The number of aliphatic hydroxyl groups is 1. The standard InChI is InChI=1S/C9H20NO3.BrH/c1-5-13-9(12)6-8(11)7-10(2,3)4;/h8,11H,5-7H2,1-4H3;1H/q+1;/p-1/t8-;/m1./s1. The number of carbonyl (C=O) groups excluding carboxylic acids is 1. The van der Waals surface area contributed by atoms with E-state index >= 15 is 0 Å². The highest BCUT2D eigenvalue weighted by Crippen LogP contribution is 2.00. The summed E-state index contributed by atoms with van der Waals surface area (Å²) in [6, 6.07) is 0. The molecule has 0 saturated carbocycles. The van der Waals surface area contributed by atoms with Gasteiger partial charge in [-0.3, -0.25) is 4.79 Å². The first kappa shape index (κ1) is 16.3. The summed E-state index contributed by atoms with van der Waals surface area (Å²) in [6.45, 7) is 2.68. The Kier molecular flexibility index (Phi) is 8.39. The zero-order chi connectivity index (χ0) is 10.5. The van der Waals surface area contributed by atoms with Gasteiger partial charge in [-0.2, -0.15) is 0 Å². The molecule has 0 aromatic rings. The van der Waals surface area contributed by atoms with Crippen molar-refractivity contribution in [3.8, 4) is 0 Å². The molecule has 0 heterocycles. The molecule has 0 bridgehead atoms. The van der Waals surface area contributed by atoms with Gasteiger partial charge in [0, 0.05) is 0 Å². The third kappa shape index (κ3) is 9.95. The molecule has 1 atom stereocenters. The van der Waals surface area contributed by atoms with E-state index in [4.69, 9.17) is 4.74 Å². The summed E-state index contributed by atoms with van der Waals surface area (Å²) in [6.07, 6.45) is -0.525. The van der Waals surface area contributed by atoms with E-state index in [1.54, 1.807) is 6.92 Å². The van der Waals surface area contributed by atoms with Crippen molar-refractivity contribution in [2.24, 2.45) is 0 Å². The number of nitrogens with zero attached hydrogens (tertiary/aromatic N) is 1. The SMILES string of the molecule is CCOC(=O)C[C@@H](O)C[N+](C)(C)C.[Br-]. The number of quaternary nitrogens is 1. The molecule has 0 aromatic carbocycles. The van der Waals surface area contributed by atoms with Crippen molar-refractivity contribution in [1.82, 2.24) is 0 Å². The highest BCUT2D eigenvalue weighted by atomic mass is 79.9. The molecule has 86 valence electrons. The van der Waals surface area contributed by atoms with Crippen LogP contribution in [0, 0.1) is 0 Å². The van der Waals surface area contributed by atoms with Gasteiger partial charge in [-0.25, -0.2) is 0 Å². The molecule has 0 radical (unpaired) electrons. The Balaban J connectivity index is 0. The van der Waals surface area contributed by atoms with Gasteiger partial charge < -0.3 is 31.3 Å². The Morgan fingerprint density at radius 2 is 1.93 bits per heavy atom. The van der Waals surface area contributed by atoms with E-state index in [2.05, 4.69) is 0 Å². The molecule has 0 rings (SSSR count). The molecule has 0 fully saturated rings. The highest BCUT2D eigenvalue weighted by molar-refractivity contribution is 5.69. The number of esters is 1. The second-order valence-corrected chi connectivity index (χ2v) is 4.14. The first-order valence-corrected chi connectivity index (χ1v) is 4.49. The van der Waals surface area contributed by atoms with Crippen LogP contribution in [0.4, 0.5) is 0 Å². The maximum absolute atomic E-state index is 11.0. The number of aliphatic hydroxyl groups excluding tert-OH is 1. The Morgan fingerprint density at radius 3 is 2.29 bits per heavy atom. The van der Waals surface area contributed by atoms with Gasteiger partial charge in [-0.15, -0.1) is 0 Å². The van der Waals surface area contributed by atoms with E-state index in [-0.39, 0.29) is 29.4 Å². The molecule has 1 N–H and O–H groups in total. The van der Waals surface area contributed by atoms with Crippen LogP contribution in [0.25, 0.3) is 0 Å². The summed E-state index contributed by atoms with van der Waals surface area (Å²) >= 11 is 0. The van der Waals surface area contributed by atoms with Crippen LogP contribution in [0.5, 0.6) is 0 Å².